The Kier molecular flexibility index (Phi) is 4.53. The lowest BCUT2D eigenvalue weighted by molar-refractivity contribution is 0.415. The highest BCUT2D eigenvalue weighted by Crippen LogP contribution is 2.35. The number of methoxy groups -OCH3 is 1. The van der Waals surface area contributed by atoms with Gasteiger partial charge in [0.15, 0.2) is 0 Å². The fraction of sp³-hybridized carbons (Fsp3) is 0.368. The molecule has 1 fully saturated rings. The number of nitrogens with zero attached hydrogens (tertiary/aromatic N) is 1. The van der Waals surface area contributed by atoms with Crippen molar-refractivity contribution in [2.24, 2.45) is 0 Å². The first-order valence-electron chi connectivity index (χ1n) is 8.36. The van der Waals surface area contributed by atoms with Crippen molar-refractivity contribution >= 4 is 33.8 Å². The van der Waals surface area contributed by atoms with Crippen LogP contribution in [0.3, 0.4) is 0 Å². The van der Waals surface area contributed by atoms with Crippen molar-refractivity contribution in [2.75, 3.05) is 20.2 Å². The highest BCUT2D eigenvalue weighted by atomic mass is 35.5. The molecule has 4 rings (SSSR count). The van der Waals surface area contributed by atoms with Gasteiger partial charge in [0.1, 0.15) is 5.75 Å². The summed E-state index contributed by atoms with van der Waals surface area (Å²) in [6.45, 7) is 3.06. The second-order valence-electron chi connectivity index (χ2n) is 6.33. The van der Waals surface area contributed by atoms with E-state index in [4.69, 9.17) is 16.3 Å². The number of hydrogen-bond donors (Lipinski definition) is 1. The van der Waals surface area contributed by atoms with Gasteiger partial charge in [0.25, 0.3) is 0 Å². The monoisotopic (exact) mass is 360 g/mol. The third kappa shape index (κ3) is 3.06. The molecule has 3 aromatic rings. The Morgan fingerprint density at radius 1 is 1.25 bits per heavy atom. The van der Waals surface area contributed by atoms with E-state index in [-0.39, 0.29) is 0 Å². The Labute approximate surface area is 151 Å². The van der Waals surface area contributed by atoms with Gasteiger partial charge in [-0.05, 0) is 67.7 Å². The molecule has 126 valence electrons. The zero-order valence-corrected chi connectivity index (χ0v) is 15.3. The number of benzene rings is 1. The Morgan fingerprint density at radius 2 is 2.08 bits per heavy atom. The largest absolute Gasteiger partial charge is 0.497 e. The SMILES string of the molecule is COc1ccc2c(c1)c(C1CCNCC1)cn2Cc1ccc(Cl)s1. The summed E-state index contributed by atoms with van der Waals surface area (Å²) in [6.07, 6.45) is 4.73. The van der Waals surface area contributed by atoms with Crippen molar-refractivity contribution in [3.63, 3.8) is 0 Å². The molecule has 0 amide bonds. The molecule has 0 spiro atoms. The molecular weight excluding hydrogens is 340 g/mol. The van der Waals surface area contributed by atoms with Crippen LogP contribution in [0.15, 0.2) is 36.5 Å². The van der Waals surface area contributed by atoms with E-state index in [1.807, 2.05) is 12.1 Å². The molecule has 3 heterocycles. The summed E-state index contributed by atoms with van der Waals surface area (Å²) in [5.41, 5.74) is 2.72. The molecule has 2 aromatic heterocycles. The van der Waals surface area contributed by atoms with Crippen molar-refractivity contribution in [3.05, 3.63) is 51.3 Å². The number of nitrogens with one attached hydrogen (secondary N) is 1. The number of ether oxygens (including phenoxy) is 1. The van der Waals surface area contributed by atoms with Gasteiger partial charge in [0, 0.05) is 22.0 Å². The van der Waals surface area contributed by atoms with Gasteiger partial charge in [0.05, 0.1) is 18.0 Å². The minimum absolute atomic E-state index is 0.619. The number of piperidine rings is 1. The normalized spacial score (nSPS) is 15.9. The summed E-state index contributed by atoms with van der Waals surface area (Å²) in [5.74, 6) is 1.55. The number of thiophene rings is 1. The highest BCUT2D eigenvalue weighted by Gasteiger charge is 2.20. The maximum Gasteiger partial charge on any atom is 0.119 e. The quantitative estimate of drug-likeness (QED) is 0.717. The maximum absolute atomic E-state index is 6.10. The number of fused-ring (bicyclic) bond motifs is 1. The molecule has 1 aromatic carbocycles. The molecule has 5 heteroatoms. The van der Waals surface area contributed by atoms with E-state index in [0.717, 1.165) is 29.7 Å². The van der Waals surface area contributed by atoms with E-state index in [9.17, 15) is 0 Å². The van der Waals surface area contributed by atoms with Crippen LogP contribution in [0.1, 0.15) is 29.2 Å². The topological polar surface area (TPSA) is 26.2 Å². The second-order valence-corrected chi connectivity index (χ2v) is 8.13. The first-order chi connectivity index (χ1) is 11.7. The predicted octanol–water partition coefficient (Wildman–Crippen LogP) is 4.88. The molecule has 1 aliphatic rings. The van der Waals surface area contributed by atoms with Crippen LogP contribution in [0.5, 0.6) is 5.75 Å². The number of aromatic nitrogens is 1. The molecule has 0 bridgehead atoms. The van der Waals surface area contributed by atoms with Crippen LogP contribution in [-0.4, -0.2) is 24.8 Å². The van der Waals surface area contributed by atoms with Crippen LogP contribution in [0.4, 0.5) is 0 Å². The third-order valence-corrected chi connectivity index (χ3v) is 6.07. The van der Waals surface area contributed by atoms with E-state index in [1.54, 1.807) is 18.4 Å². The van der Waals surface area contributed by atoms with E-state index in [0.29, 0.717) is 5.92 Å². The summed E-state index contributed by atoms with van der Waals surface area (Å²) in [6, 6.07) is 10.5. The molecule has 0 radical (unpaired) electrons. The van der Waals surface area contributed by atoms with Crippen molar-refractivity contribution in [3.8, 4) is 5.75 Å². The summed E-state index contributed by atoms with van der Waals surface area (Å²) in [7, 11) is 1.73. The number of rotatable bonds is 4. The third-order valence-electron chi connectivity index (χ3n) is 4.85. The van der Waals surface area contributed by atoms with Crippen molar-refractivity contribution in [2.45, 2.75) is 25.3 Å². The van der Waals surface area contributed by atoms with E-state index in [1.165, 1.54) is 34.2 Å². The predicted molar refractivity (Wildman–Crippen MR) is 102 cm³/mol. The molecule has 3 nitrogen and oxygen atoms in total. The second kappa shape index (κ2) is 6.79. The first-order valence-corrected chi connectivity index (χ1v) is 9.56. The van der Waals surface area contributed by atoms with Crippen LogP contribution >= 0.6 is 22.9 Å². The van der Waals surface area contributed by atoms with Crippen LogP contribution in [0.2, 0.25) is 4.34 Å². The van der Waals surface area contributed by atoms with Gasteiger partial charge in [-0.2, -0.15) is 0 Å². The van der Waals surface area contributed by atoms with Crippen molar-refractivity contribution in [1.82, 2.24) is 9.88 Å². The number of hydrogen-bond acceptors (Lipinski definition) is 3. The lowest BCUT2D eigenvalue weighted by Crippen LogP contribution is -2.26. The minimum atomic E-state index is 0.619. The molecule has 1 aliphatic heterocycles. The first kappa shape index (κ1) is 16.0. The van der Waals surface area contributed by atoms with Gasteiger partial charge < -0.3 is 14.6 Å². The van der Waals surface area contributed by atoms with Crippen LogP contribution < -0.4 is 10.1 Å². The number of halogens is 1. The fourth-order valence-corrected chi connectivity index (χ4v) is 4.71. The Hall–Kier alpha value is -1.49. The van der Waals surface area contributed by atoms with Gasteiger partial charge in [-0.15, -0.1) is 11.3 Å². The van der Waals surface area contributed by atoms with Gasteiger partial charge >= 0.3 is 0 Å². The van der Waals surface area contributed by atoms with E-state index < -0.39 is 0 Å². The Bertz CT molecular complexity index is 848. The zero-order chi connectivity index (χ0) is 16.5. The zero-order valence-electron chi connectivity index (χ0n) is 13.7. The summed E-state index contributed by atoms with van der Waals surface area (Å²) in [5, 5.41) is 4.78. The molecule has 0 unspecified atom stereocenters. The highest BCUT2D eigenvalue weighted by molar-refractivity contribution is 7.16. The van der Waals surface area contributed by atoms with Gasteiger partial charge in [-0.25, -0.2) is 0 Å². The average molecular weight is 361 g/mol. The molecule has 1 saturated heterocycles. The fourth-order valence-electron chi connectivity index (χ4n) is 3.62. The minimum Gasteiger partial charge on any atom is -0.497 e. The van der Waals surface area contributed by atoms with E-state index in [2.05, 4.69) is 34.3 Å². The molecule has 0 aliphatic carbocycles. The lowest BCUT2D eigenvalue weighted by Gasteiger charge is -2.22. The van der Waals surface area contributed by atoms with Gasteiger partial charge in [-0.3, -0.25) is 0 Å². The summed E-state index contributed by atoms with van der Waals surface area (Å²) < 4.78 is 8.66. The summed E-state index contributed by atoms with van der Waals surface area (Å²) in [4.78, 5) is 1.28. The Balaban J connectivity index is 1.78. The van der Waals surface area contributed by atoms with Gasteiger partial charge in [-0.1, -0.05) is 11.6 Å². The van der Waals surface area contributed by atoms with Crippen LogP contribution in [-0.2, 0) is 6.54 Å². The molecule has 0 atom stereocenters. The Morgan fingerprint density at radius 3 is 2.79 bits per heavy atom. The van der Waals surface area contributed by atoms with Crippen LogP contribution in [0.25, 0.3) is 10.9 Å². The van der Waals surface area contributed by atoms with Gasteiger partial charge in [0.2, 0.25) is 0 Å². The summed E-state index contributed by atoms with van der Waals surface area (Å²) >= 11 is 7.75. The standard InChI is InChI=1S/C19H21ClN2OS/c1-23-14-2-4-18-16(10-14)17(13-6-8-21-9-7-13)12-22(18)11-15-3-5-19(20)24-15/h2-5,10,12-13,21H,6-9,11H2,1H3. The lowest BCUT2D eigenvalue weighted by atomic mass is 9.90. The van der Waals surface area contributed by atoms with Crippen LogP contribution in [0, 0.1) is 0 Å². The molecular formula is C19H21ClN2OS. The van der Waals surface area contributed by atoms with Crippen molar-refractivity contribution in [1.29, 1.82) is 0 Å². The average Bonchev–Trinajstić information content (AvgIpc) is 3.19. The smallest absolute Gasteiger partial charge is 0.119 e. The molecule has 1 N–H and O–H groups in total. The van der Waals surface area contributed by atoms with Crippen molar-refractivity contribution < 1.29 is 4.74 Å². The molecule has 0 saturated carbocycles. The molecule has 24 heavy (non-hydrogen) atoms. The van der Waals surface area contributed by atoms with E-state index >= 15 is 0 Å². The maximum atomic E-state index is 6.10.